The van der Waals surface area contributed by atoms with Gasteiger partial charge < -0.3 is 4.52 Å². The van der Waals surface area contributed by atoms with Crippen molar-refractivity contribution in [2.45, 2.75) is 39.5 Å². The maximum atomic E-state index is 4.99. The number of fused-ring (bicyclic) bond motifs is 1. The van der Waals surface area contributed by atoms with Gasteiger partial charge in [0.15, 0.2) is 5.52 Å². The van der Waals surface area contributed by atoms with Crippen molar-refractivity contribution in [3.05, 3.63) is 11.5 Å². The fourth-order valence-electron chi connectivity index (χ4n) is 1.39. The van der Waals surface area contributed by atoms with Crippen LogP contribution in [-0.2, 0) is 0 Å². The van der Waals surface area contributed by atoms with E-state index in [1.165, 1.54) is 0 Å². The molecule has 0 spiro atoms. The van der Waals surface area contributed by atoms with Crippen molar-refractivity contribution in [1.82, 2.24) is 20.3 Å². The third kappa shape index (κ3) is 1.69. The molecule has 80 valence electrons. The van der Waals surface area contributed by atoms with E-state index in [4.69, 9.17) is 4.52 Å². The van der Waals surface area contributed by atoms with Gasteiger partial charge in [0.1, 0.15) is 5.82 Å². The highest BCUT2D eigenvalue weighted by Crippen LogP contribution is 2.22. The highest BCUT2D eigenvalue weighted by atomic mass is 16.5. The van der Waals surface area contributed by atoms with Gasteiger partial charge in [0.25, 0.3) is 5.71 Å². The Bertz CT molecular complexity index is 475. The molecule has 0 aliphatic rings. The van der Waals surface area contributed by atoms with Crippen molar-refractivity contribution in [3.8, 4) is 0 Å². The fraction of sp³-hybridized carbons (Fsp3) is 0.600. The van der Waals surface area contributed by atoms with E-state index in [2.05, 4.69) is 48.0 Å². The quantitative estimate of drug-likeness (QED) is 0.754. The molecule has 2 heterocycles. The summed E-state index contributed by atoms with van der Waals surface area (Å²) in [6, 6.07) is 0. The second-order valence-electron chi connectivity index (χ2n) is 4.20. The standard InChI is InChI=1S/C10H14N4O/c1-5(2)7-8-10(15-14-13-8)12-9(11-7)6(3)4/h5-6H,1-4H3. The Kier molecular flexibility index (Phi) is 2.38. The summed E-state index contributed by atoms with van der Waals surface area (Å²) in [4.78, 5) is 8.77. The minimum atomic E-state index is 0.275. The van der Waals surface area contributed by atoms with Crippen LogP contribution in [0, 0.1) is 0 Å². The molecule has 0 saturated carbocycles. The first-order chi connectivity index (χ1) is 7.09. The van der Waals surface area contributed by atoms with E-state index in [0.29, 0.717) is 17.1 Å². The Morgan fingerprint density at radius 2 is 1.73 bits per heavy atom. The average molecular weight is 206 g/mol. The normalized spacial score (nSPS) is 11.9. The molecule has 0 amide bonds. The van der Waals surface area contributed by atoms with Crippen LogP contribution in [0.1, 0.15) is 51.0 Å². The zero-order chi connectivity index (χ0) is 11.0. The van der Waals surface area contributed by atoms with E-state index in [9.17, 15) is 0 Å². The monoisotopic (exact) mass is 206 g/mol. The Balaban J connectivity index is 2.69. The molecular formula is C10H14N4O. The summed E-state index contributed by atoms with van der Waals surface area (Å²) in [5.41, 5.74) is 2.07. The molecule has 0 aliphatic carbocycles. The van der Waals surface area contributed by atoms with Crippen LogP contribution in [0.4, 0.5) is 0 Å². The van der Waals surface area contributed by atoms with Crippen molar-refractivity contribution >= 4 is 11.2 Å². The molecule has 0 aromatic carbocycles. The molecule has 2 rings (SSSR count). The largest absolute Gasteiger partial charge is 0.316 e. The predicted molar refractivity (Wildman–Crippen MR) is 55.6 cm³/mol. The van der Waals surface area contributed by atoms with Gasteiger partial charge in [0.05, 0.1) is 5.69 Å². The molecule has 0 atom stereocenters. The van der Waals surface area contributed by atoms with Gasteiger partial charge in [-0.1, -0.05) is 27.7 Å². The highest BCUT2D eigenvalue weighted by Gasteiger charge is 2.16. The van der Waals surface area contributed by atoms with Gasteiger partial charge in [0, 0.05) is 11.2 Å². The SMILES string of the molecule is CC(C)c1nc(C(C)C)c2nnoc2n1. The highest BCUT2D eigenvalue weighted by molar-refractivity contribution is 5.70. The topological polar surface area (TPSA) is 64.7 Å². The number of nitrogens with zero attached hydrogens (tertiary/aromatic N) is 4. The molecule has 0 saturated heterocycles. The Labute approximate surface area is 87.9 Å². The van der Waals surface area contributed by atoms with Crippen molar-refractivity contribution in [1.29, 1.82) is 0 Å². The lowest BCUT2D eigenvalue weighted by molar-refractivity contribution is 0.416. The summed E-state index contributed by atoms with van der Waals surface area (Å²) in [5, 5.41) is 7.42. The lowest BCUT2D eigenvalue weighted by Crippen LogP contribution is -2.03. The predicted octanol–water partition coefficient (Wildman–Crippen LogP) is 2.26. The molecule has 2 aromatic heterocycles. The molecular weight excluding hydrogens is 192 g/mol. The summed E-state index contributed by atoms with van der Waals surface area (Å²) < 4.78 is 4.99. The molecule has 2 aromatic rings. The van der Waals surface area contributed by atoms with E-state index < -0.39 is 0 Å². The van der Waals surface area contributed by atoms with E-state index in [-0.39, 0.29) is 5.92 Å². The second-order valence-corrected chi connectivity index (χ2v) is 4.20. The van der Waals surface area contributed by atoms with Crippen LogP contribution in [0.25, 0.3) is 11.2 Å². The van der Waals surface area contributed by atoms with E-state index in [1.807, 2.05) is 0 Å². The van der Waals surface area contributed by atoms with Crippen LogP contribution in [0.3, 0.4) is 0 Å². The van der Waals surface area contributed by atoms with E-state index in [0.717, 1.165) is 11.5 Å². The number of aromatic nitrogens is 4. The summed E-state index contributed by atoms with van der Waals surface area (Å²) >= 11 is 0. The summed E-state index contributed by atoms with van der Waals surface area (Å²) in [6.45, 7) is 8.24. The molecule has 0 unspecified atom stereocenters. The van der Waals surface area contributed by atoms with Crippen LogP contribution in [-0.4, -0.2) is 20.3 Å². The van der Waals surface area contributed by atoms with Gasteiger partial charge in [-0.25, -0.2) is 4.98 Å². The first-order valence-electron chi connectivity index (χ1n) is 5.09. The number of hydrogen-bond acceptors (Lipinski definition) is 5. The van der Waals surface area contributed by atoms with Crippen LogP contribution < -0.4 is 0 Å². The molecule has 0 N–H and O–H groups in total. The fourth-order valence-corrected chi connectivity index (χ4v) is 1.39. The van der Waals surface area contributed by atoms with Gasteiger partial charge in [-0.2, -0.15) is 4.98 Å². The van der Waals surface area contributed by atoms with Gasteiger partial charge >= 0.3 is 0 Å². The third-order valence-electron chi connectivity index (χ3n) is 2.23. The minimum absolute atomic E-state index is 0.275. The van der Waals surface area contributed by atoms with Crippen LogP contribution in [0.2, 0.25) is 0 Å². The number of rotatable bonds is 2. The van der Waals surface area contributed by atoms with Gasteiger partial charge in [0.2, 0.25) is 0 Å². The van der Waals surface area contributed by atoms with Crippen LogP contribution in [0.5, 0.6) is 0 Å². The maximum absolute atomic E-state index is 4.99. The minimum Gasteiger partial charge on any atom is -0.316 e. The van der Waals surface area contributed by atoms with Gasteiger partial charge in [-0.05, 0) is 5.92 Å². The summed E-state index contributed by atoms with van der Waals surface area (Å²) in [5.74, 6) is 1.35. The van der Waals surface area contributed by atoms with Crippen LogP contribution in [0.15, 0.2) is 4.52 Å². The van der Waals surface area contributed by atoms with Crippen molar-refractivity contribution in [3.63, 3.8) is 0 Å². The van der Waals surface area contributed by atoms with Gasteiger partial charge in [-0.3, -0.25) is 0 Å². The third-order valence-corrected chi connectivity index (χ3v) is 2.23. The van der Waals surface area contributed by atoms with Gasteiger partial charge in [-0.15, -0.1) is 5.10 Å². The van der Waals surface area contributed by atoms with E-state index >= 15 is 0 Å². The Hall–Kier alpha value is -1.52. The number of hydrogen-bond donors (Lipinski definition) is 0. The maximum Gasteiger partial charge on any atom is 0.282 e. The lowest BCUT2D eigenvalue weighted by atomic mass is 10.1. The molecule has 15 heavy (non-hydrogen) atoms. The molecule has 0 aliphatic heterocycles. The molecule has 5 heteroatoms. The molecule has 0 bridgehead atoms. The summed E-state index contributed by atoms with van der Waals surface area (Å²) in [7, 11) is 0. The van der Waals surface area contributed by atoms with Crippen molar-refractivity contribution < 1.29 is 4.52 Å². The Morgan fingerprint density at radius 1 is 1.00 bits per heavy atom. The Morgan fingerprint density at radius 3 is 2.33 bits per heavy atom. The molecule has 5 nitrogen and oxygen atoms in total. The lowest BCUT2D eigenvalue weighted by Gasteiger charge is -2.08. The van der Waals surface area contributed by atoms with Crippen molar-refractivity contribution in [2.75, 3.05) is 0 Å². The zero-order valence-electron chi connectivity index (χ0n) is 9.35. The average Bonchev–Trinajstić information content (AvgIpc) is 2.62. The second kappa shape index (κ2) is 3.56. The first-order valence-corrected chi connectivity index (χ1v) is 5.09. The summed E-state index contributed by atoms with van der Waals surface area (Å²) in [6.07, 6.45) is 0. The van der Waals surface area contributed by atoms with Crippen molar-refractivity contribution in [2.24, 2.45) is 0 Å². The zero-order valence-corrected chi connectivity index (χ0v) is 9.35. The van der Waals surface area contributed by atoms with E-state index in [1.54, 1.807) is 0 Å². The van der Waals surface area contributed by atoms with Crippen LogP contribution >= 0.6 is 0 Å². The molecule has 0 fully saturated rings. The first kappa shape index (κ1) is 10.0. The molecule has 0 radical (unpaired) electrons. The smallest absolute Gasteiger partial charge is 0.282 e.